The highest BCUT2D eigenvalue weighted by Gasteiger charge is 2.35. The topological polar surface area (TPSA) is 70.7 Å². The summed E-state index contributed by atoms with van der Waals surface area (Å²) in [6.45, 7) is 8.92. The van der Waals surface area contributed by atoms with Gasteiger partial charge in [0.15, 0.2) is 0 Å². The summed E-state index contributed by atoms with van der Waals surface area (Å²) in [6.07, 6.45) is 1.20. The average Bonchev–Trinajstić information content (AvgIpc) is 2.61. The zero-order valence-corrected chi connectivity index (χ0v) is 17.4. The van der Waals surface area contributed by atoms with Gasteiger partial charge in [0, 0.05) is 30.4 Å². The molecule has 0 unspecified atom stereocenters. The lowest BCUT2D eigenvalue weighted by Crippen LogP contribution is -2.50. The predicted octanol–water partition coefficient (Wildman–Crippen LogP) is 3.49. The Hall–Kier alpha value is -2.05. The second-order valence-electron chi connectivity index (χ2n) is 7.84. The number of carbonyl (C=O) groups excluding carboxylic acids is 2. The van der Waals surface area contributed by atoms with Gasteiger partial charge in [-0.2, -0.15) is 0 Å². The first-order valence-electron chi connectivity index (χ1n) is 9.82. The highest BCUT2D eigenvalue weighted by Crippen LogP contribution is 2.30. The van der Waals surface area contributed by atoms with E-state index in [0.29, 0.717) is 34.7 Å². The normalized spacial score (nSPS) is 25.9. The van der Waals surface area contributed by atoms with Crippen molar-refractivity contribution in [1.29, 1.82) is 0 Å². The van der Waals surface area contributed by atoms with Crippen molar-refractivity contribution in [2.75, 3.05) is 26.2 Å². The number of halogens is 1. The Bertz CT molecular complexity index is 753. The maximum absolute atomic E-state index is 12.8. The van der Waals surface area contributed by atoms with Gasteiger partial charge in [-0.3, -0.25) is 4.90 Å². The van der Waals surface area contributed by atoms with E-state index in [9.17, 15) is 9.59 Å². The molecule has 152 valence electrons. The maximum atomic E-state index is 12.8. The minimum Gasteiger partial charge on any atom is -0.463 e. The summed E-state index contributed by atoms with van der Waals surface area (Å²) >= 11 is 6.00. The summed E-state index contributed by atoms with van der Waals surface area (Å²) in [5, 5.41) is 6.31. The maximum Gasteiger partial charge on any atom is 0.338 e. The molecule has 1 aromatic rings. The van der Waals surface area contributed by atoms with Gasteiger partial charge in [-0.1, -0.05) is 37.6 Å². The minimum absolute atomic E-state index is 0.273. The Balaban J connectivity index is 1.96. The lowest BCUT2D eigenvalue weighted by atomic mass is 9.91. The molecule has 0 bridgehead atoms. The molecule has 2 amide bonds. The van der Waals surface area contributed by atoms with Crippen LogP contribution in [0.3, 0.4) is 0 Å². The number of hydrogen-bond donors (Lipinski definition) is 2. The number of carbonyl (C=O) groups is 2. The molecule has 1 fully saturated rings. The number of rotatable bonds is 5. The molecule has 1 aromatic carbocycles. The molecule has 2 aliphatic heterocycles. The summed E-state index contributed by atoms with van der Waals surface area (Å²) in [4.78, 5) is 27.5. The number of esters is 1. The monoisotopic (exact) mass is 405 g/mol. The van der Waals surface area contributed by atoms with Crippen LogP contribution in [-0.2, 0) is 9.53 Å². The zero-order valence-electron chi connectivity index (χ0n) is 16.6. The summed E-state index contributed by atoms with van der Waals surface area (Å²) in [6, 6.07) is 6.25. The minimum atomic E-state index is -0.570. The number of likely N-dealkylation sites (tertiary alicyclic amines) is 1. The largest absolute Gasteiger partial charge is 0.463 e. The molecule has 0 aromatic heterocycles. The molecule has 6 nitrogen and oxygen atoms in total. The second-order valence-corrected chi connectivity index (χ2v) is 8.27. The molecule has 3 atom stereocenters. The Labute approximate surface area is 171 Å². The van der Waals surface area contributed by atoms with Crippen molar-refractivity contribution in [1.82, 2.24) is 15.5 Å². The van der Waals surface area contributed by atoms with Crippen molar-refractivity contribution in [3.63, 3.8) is 0 Å². The van der Waals surface area contributed by atoms with Gasteiger partial charge >= 0.3 is 12.0 Å². The highest BCUT2D eigenvalue weighted by molar-refractivity contribution is 6.30. The lowest BCUT2D eigenvalue weighted by molar-refractivity contribution is -0.139. The Morgan fingerprint density at radius 3 is 2.46 bits per heavy atom. The van der Waals surface area contributed by atoms with Crippen molar-refractivity contribution in [3.8, 4) is 0 Å². The van der Waals surface area contributed by atoms with Gasteiger partial charge in [0.05, 0.1) is 18.2 Å². The Morgan fingerprint density at radius 1 is 1.21 bits per heavy atom. The van der Waals surface area contributed by atoms with E-state index >= 15 is 0 Å². The zero-order chi connectivity index (χ0) is 20.3. The SMILES string of the molecule is CCOC(=O)C1=C(CN2C[C@@H](C)C[C@H](C)C2)NC(=O)N[C@H]1c1ccc(Cl)cc1. The third-order valence-corrected chi connectivity index (χ3v) is 5.43. The van der Waals surface area contributed by atoms with Gasteiger partial charge < -0.3 is 15.4 Å². The van der Waals surface area contributed by atoms with Crippen molar-refractivity contribution in [2.24, 2.45) is 11.8 Å². The number of piperidine rings is 1. The smallest absolute Gasteiger partial charge is 0.338 e. The van der Waals surface area contributed by atoms with E-state index in [1.54, 1.807) is 19.1 Å². The molecule has 1 saturated heterocycles. The van der Waals surface area contributed by atoms with E-state index in [2.05, 4.69) is 29.4 Å². The van der Waals surface area contributed by atoms with Crippen molar-refractivity contribution in [2.45, 2.75) is 33.2 Å². The van der Waals surface area contributed by atoms with Crippen molar-refractivity contribution < 1.29 is 14.3 Å². The highest BCUT2D eigenvalue weighted by atomic mass is 35.5. The van der Waals surface area contributed by atoms with Crippen LogP contribution in [0.4, 0.5) is 4.79 Å². The van der Waals surface area contributed by atoms with Crippen LogP contribution in [0.1, 0.15) is 38.8 Å². The fourth-order valence-corrected chi connectivity index (χ4v) is 4.37. The van der Waals surface area contributed by atoms with E-state index < -0.39 is 12.0 Å². The van der Waals surface area contributed by atoms with E-state index in [1.165, 1.54) is 6.42 Å². The van der Waals surface area contributed by atoms with E-state index in [4.69, 9.17) is 16.3 Å². The van der Waals surface area contributed by atoms with Crippen LogP contribution in [0, 0.1) is 11.8 Å². The van der Waals surface area contributed by atoms with Crippen LogP contribution in [0.25, 0.3) is 0 Å². The quantitative estimate of drug-likeness (QED) is 0.735. The summed E-state index contributed by atoms with van der Waals surface area (Å²) in [7, 11) is 0. The number of amides is 2. The Morgan fingerprint density at radius 2 is 1.86 bits per heavy atom. The van der Waals surface area contributed by atoms with Gasteiger partial charge in [-0.05, 0) is 42.9 Å². The van der Waals surface area contributed by atoms with Crippen LogP contribution >= 0.6 is 11.6 Å². The molecule has 2 aliphatic rings. The first-order chi connectivity index (χ1) is 13.4. The molecule has 7 heteroatoms. The van der Waals surface area contributed by atoms with Crippen LogP contribution in [0.2, 0.25) is 5.02 Å². The van der Waals surface area contributed by atoms with Crippen LogP contribution in [0.5, 0.6) is 0 Å². The van der Waals surface area contributed by atoms with Gasteiger partial charge in [-0.15, -0.1) is 0 Å². The van der Waals surface area contributed by atoms with Gasteiger partial charge in [0.1, 0.15) is 0 Å². The summed E-state index contributed by atoms with van der Waals surface area (Å²) in [5.74, 6) is 0.753. The average molecular weight is 406 g/mol. The predicted molar refractivity (Wildman–Crippen MR) is 109 cm³/mol. The van der Waals surface area contributed by atoms with Crippen LogP contribution < -0.4 is 10.6 Å². The first-order valence-corrected chi connectivity index (χ1v) is 10.2. The molecule has 0 spiro atoms. The number of nitrogens with zero attached hydrogens (tertiary/aromatic N) is 1. The molecular formula is C21H28ClN3O3. The molecule has 2 heterocycles. The van der Waals surface area contributed by atoms with Crippen LogP contribution in [0.15, 0.2) is 35.5 Å². The number of urea groups is 1. The number of nitrogens with one attached hydrogen (secondary N) is 2. The van der Waals surface area contributed by atoms with E-state index in [1.807, 2.05) is 12.1 Å². The standard InChI is InChI=1S/C21H28ClN3O3/c1-4-28-20(26)18-17(12-25-10-13(2)9-14(3)11-25)23-21(27)24-19(18)15-5-7-16(22)8-6-15/h5-8,13-14,19H,4,9-12H2,1-3H3,(H2,23,24,27)/t13-,14-,19-/m0/s1. The van der Waals surface area contributed by atoms with Gasteiger partial charge in [0.25, 0.3) is 0 Å². The van der Waals surface area contributed by atoms with Crippen LogP contribution in [-0.4, -0.2) is 43.1 Å². The first kappa shape index (κ1) is 20.7. The molecule has 28 heavy (non-hydrogen) atoms. The molecule has 0 radical (unpaired) electrons. The lowest BCUT2D eigenvalue weighted by Gasteiger charge is -2.37. The van der Waals surface area contributed by atoms with E-state index in [-0.39, 0.29) is 12.6 Å². The fourth-order valence-electron chi connectivity index (χ4n) is 4.24. The number of benzene rings is 1. The number of hydrogen-bond acceptors (Lipinski definition) is 4. The second kappa shape index (κ2) is 8.97. The molecule has 3 rings (SSSR count). The fraction of sp³-hybridized carbons (Fsp3) is 0.524. The van der Waals surface area contributed by atoms with E-state index in [0.717, 1.165) is 18.7 Å². The summed E-state index contributed by atoms with van der Waals surface area (Å²) < 4.78 is 5.32. The molecular weight excluding hydrogens is 378 g/mol. The molecule has 0 aliphatic carbocycles. The number of ether oxygens (including phenoxy) is 1. The molecule has 2 N–H and O–H groups in total. The summed E-state index contributed by atoms with van der Waals surface area (Å²) in [5.41, 5.74) is 1.86. The molecule has 0 saturated carbocycles. The van der Waals surface area contributed by atoms with Crippen molar-refractivity contribution >= 4 is 23.6 Å². The third-order valence-electron chi connectivity index (χ3n) is 5.18. The third kappa shape index (κ3) is 4.86. The van der Waals surface area contributed by atoms with Gasteiger partial charge in [0.2, 0.25) is 0 Å². The van der Waals surface area contributed by atoms with Crippen molar-refractivity contribution in [3.05, 3.63) is 46.1 Å². The Kier molecular flexibility index (Phi) is 6.62. The van der Waals surface area contributed by atoms with Gasteiger partial charge in [-0.25, -0.2) is 9.59 Å².